The van der Waals surface area contributed by atoms with Gasteiger partial charge in [-0.2, -0.15) is 0 Å². The summed E-state index contributed by atoms with van der Waals surface area (Å²) in [6.45, 7) is 3.72. The van der Waals surface area contributed by atoms with Gasteiger partial charge in [-0.15, -0.1) is 0 Å². The molecule has 4 aromatic rings. The SMILES string of the molecule is C[C@@H]1CO[C@H](CN(C)C)CN1C(=O)c1cc(Oc2ccc3c(c2)nc(Nc2ccc(F)cc2)n3C)ccn1. The first kappa shape index (κ1) is 25.6. The number of aryl methyl sites for hydroxylation is 1. The minimum Gasteiger partial charge on any atom is -0.457 e. The van der Waals surface area contributed by atoms with E-state index in [0.29, 0.717) is 36.3 Å². The molecule has 0 radical (unpaired) electrons. The molecule has 0 aliphatic carbocycles. The molecular formula is C28H31FN6O3. The normalized spacial score (nSPS) is 17.7. The quantitative estimate of drug-likeness (QED) is 0.387. The summed E-state index contributed by atoms with van der Waals surface area (Å²) in [6, 6.07) is 15.1. The van der Waals surface area contributed by atoms with Crippen molar-refractivity contribution in [3.05, 3.63) is 72.3 Å². The lowest BCUT2D eigenvalue weighted by Crippen LogP contribution is -2.53. The van der Waals surface area contributed by atoms with Gasteiger partial charge in [-0.25, -0.2) is 9.37 Å². The number of anilines is 2. The van der Waals surface area contributed by atoms with Crippen molar-refractivity contribution >= 4 is 28.6 Å². The molecule has 1 amide bonds. The van der Waals surface area contributed by atoms with Gasteiger partial charge in [0.2, 0.25) is 5.95 Å². The molecule has 198 valence electrons. The molecule has 1 fully saturated rings. The van der Waals surface area contributed by atoms with Gasteiger partial charge in [0.25, 0.3) is 5.91 Å². The van der Waals surface area contributed by atoms with Gasteiger partial charge < -0.3 is 29.2 Å². The molecule has 1 N–H and O–H groups in total. The average Bonchev–Trinajstić information content (AvgIpc) is 3.20. The number of pyridine rings is 1. The Balaban J connectivity index is 1.32. The minimum absolute atomic E-state index is 0.0443. The second kappa shape index (κ2) is 10.8. The highest BCUT2D eigenvalue weighted by atomic mass is 19.1. The molecule has 5 rings (SSSR count). The molecule has 38 heavy (non-hydrogen) atoms. The Hall–Kier alpha value is -4.02. The lowest BCUT2D eigenvalue weighted by molar-refractivity contribution is -0.0548. The van der Waals surface area contributed by atoms with Gasteiger partial charge in [-0.1, -0.05) is 0 Å². The number of hydrogen-bond acceptors (Lipinski definition) is 7. The van der Waals surface area contributed by atoms with Crippen LogP contribution in [0.2, 0.25) is 0 Å². The first-order valence-electron chi connectivity index (χ1n) is 12.5. The van der Waals surface area contributed by atoms with Crippen molar-refractivity contribution in [2.75, 3.05) is 39.1 Å². The maximum atomic E-state index is 13.3. The number of rotatable bonds is 7. The van der Waals surface area contributed by atoms with Crippen LogP contribution in [0.5, 0.6) is 11.5 Å². The topological polar surface area (TPSA) is 84.8 Å². The average molecular weight is 519 g/mol. The molecule has 9 nitrogen and oxygen atoms in total. The Bertz CT molecular complexity index is 1440. The van der Waals surface area contributed by atoms with Crippen LogP contribution >= 0.6 is 0 Å². The van der Waals surface area contributed by atoms with E-state index >= 15 is 0 Å². The molecule has 1 saturated heterocycles. The maximum Gasteiger partial charge on any atom is 0.272 e. The highest BCUT2D eigenvalue weighted by Crippen LogP contribution is 2.28. The molecule has 1 aliphatic heterocycles. The molecule has 2 atom stereocenters. The predicted octanol–water partition coefficient (Wildman–Crippen LogP) is 4.43. The zero-order chi connectivity index (χ0) is 26.8. The fraction of sp³-hybridized carbons (Fsp3) is 0.321. The van der Waals surface area contributed by atoms with Crippen molar-refractivity contribution in [3.63, 3.8) is 0 Å². The van der Waals surface area contributed by atoms with E-state index in [1.165, 1.54) is 12.1 Å². The summed E-state index contributed by atoms with van der Waals surface area (Å²) in [5.74, 6) is 1.27. The molecule has 0 spiro atoms. The van der Waals surface area contributed by atoms with Crippen LogP contribution in [0.25, 0.3) is 11.0 Å². The number of amides is 1. The molecule has 0 saturated carbocycles. The molecule has 2 aromatic carbocycles. The summed E-state index contributed by atoms with van der Waals surface area (Å²) in [4.78, 5) is 26.2. The molecular weight excluding hydrogens is 487 g/mol. The number of carbonyl (C=O) groups excluding carboxylic acids is 1. The zero-order valence-electron chi connectivity index (χ0n) is 21.9. The van der Waals surface area contributed by atoms with Crippen molar-refractivity contribution in [2.24, 2.45) is 7.05 Å². The number of nitrogens with zero attached hydrogens (tertiary/aromatic N) is 5. The number of carbonyl (C=O) groups is 1. The van der Waals surface area contributed by atoms with Gasteiger partial charge in [0.05, 0.1) is 29.8 Å². The third-order valence-corrected chi connectivity index (χ3v) is 6.47. The van der Waals surface area contributed by atoms with E-state index in [4.69, 9.17) is 9.47 Å². The third kappa shape index (κ3) is 5.61. The summed E-state index contributed by atoms with van der Waals surface area (Å²) in [7, 11) is 5.88. The Kier molecular flexibility index (Phi) is 7.26. The van der Waals surface area contributed by atoms with Gasteiger partial charge in [0.1, 0.15) is 23.0 Å². The first-order valence-corrected chi connectivity index (χ1v) is 12.5. The van der Waals surface area contributed by atoms with Gasteiger partial charge in [-0.05, 0) is 63.5 Å². The number of benzene rings is 2. The summed E-state index contributed by atoms with van der Waals surface area (Å²) in [5.41, 5.74) is 2.69. The highest BCUT2D eigenvalue weighted by molar-refractivity contribution is 5.93. The van der Waals surface area contributed by atoms with Gasteiger partial charge in [0, 0.05) is 44.2 Å². The van der Waals surface area contributed by atoms with E-state index in [2.05, 4.69) is 20.2 Å². The fourth-order valence-electron chi connectivity index (χ4n) is 4.51. The number of morpholine rings is 1. The molecule has 0 bridgehead atoms. The molecule has 3 heterocycles. The first-order chi connectivity index (χ1) is 18.3. The lowest BCUT2D eigenvalue weighted by atomic mass is 10.1. The van der Waals surface area contributed by atoms with Crippen LogP contribution in [0.3, 0.4) is 0 Å². The number of halogens is 1. The summed E-state index contributed by atoms with van der Waals surface area (Å²) < 4.78 is 27.1. The van der Waals surface area contributed by atoms with E-state index < -0.39 is 0 Å². The van der Waals surface area contributed by atoms with Crippen LogP contribution in [0.4, 0.5) is 16.0 Å². The zero-order valence-corrected chi connectivity index (χ0v) is 21.9. The molecule has 2 aromatic heterocycles. The van der Waals surface area contributed by atoms with Gasteiger partial charge in [-0.3, -0.25) is 9.78 Å². The molecule has 0 unspecified atom stereocenters. The van der Waals surface area contributed by atoms with E-state index in [-0.39, 0.29) is 23.9 Å². The van der Waals surface area contributed by atoms with Crippen LogP contribution in [-0.2, 0) is 11.8 Å². The van der Waals surface area contributed by atoms with Crippen molar-refractivity contribution in [3.8, 4) is 11.5 Å². The second-order valence-electron chi connectivity index (χ2n) is 9.78. The van der Waals surface area contributed by atoms with E-state index in [0.717, 1.165) is 23.3 Å². The van der Waals surface area contributed by atoms with Crippen LogP contribution < -0.4 is 10.1 Å². The van der Waals surface area contributed by atoms with E-state index in [1.807, 2.05) is 55.7 Å². The van der Waals surface area contributed by atoms with Crippen molar-refractivity contribution in [1.82, 2.24) is 24.3 Å². The number of fused-ring (bicyclic) bond motifs is 1. The number of nitrogens with one attached hydrogen (secondary N) is 1. The van der Waals surface area contributed by atoms with Gasteiger partial charge in [0.15, 0.2) is 0 Å². The second-order valence-corrected chi connectivity index (χ2v) is 9.78. The fourth-order valence-corrected chi connectivity index (χ4v) is 4.51. The third-order valence-electron chi connectivity index (χ3n) is 6.47. The summed E-state index contributed by atoms with van der Waals surface area (Å²) in [5, 5.41) is 3.21. The number of imidazole rings is 1. The number of hydrogen-bond donors (Lipinski definition) is 1. The Morgan fingerprint density at radius 3 is 2.68 bits per heavy atom. The van der Waals surface area contributed by atoms with Crippen LogP contribution in [0.1, 0.15) is 17.4 Å². The highest BCUT2D eigenvalue weighted by Gasteiger charge is 2.31. The Morgan fingerprint density at radius 2 is 1.92 bits per heavy atom. The summed E-state index contributed by atoms with van der Waals surface area (Å²) in [6.07, 6.45) is 1.53. The maximum absolute atomic E-state index is 13.3. The monoisotopic (exact) mass is 518 g/mol. The number of likely N-dealkylation sites (N-methyl/N-ethyl adjacent to an activating group) is 1. The Labute approximate surface area is 220 Å². The van der Waals surface area contributed by atoms with Gasteiger partial charge >= 0.3 is 0 Å². The summed E-state index contributed by atoms with van der Waals surface area (Å²) >= 11 is 0. The van der Waals surface area contributed by atoms with Crippen molar-refractivity contribution < 1.29 is 18.7 Å². The van der Waals surface area contributed by atoms with E-state index in [9.17, 15) is 9.18 Å². The molecule has 1 aliphatic rings. The minimum atomic E-state index is -0.295. The smallest absolute Gasteiger partial charge is 0.272 e. The lowest BCUT2D eigenvalue weighted by Gasteiger charge is -2.38. The largest absolute Gasteiger partial charge is 0.457 e. The molecule has 10 heteroatoms. The van der Waals surface area contributed by atoms with Crippen LogP contribution in [0.15, 0.2) is 60.8 Å². The van der Waals surface area contributed by atoms with Crippen LogP contribution in [-0.4, -0.2) is 76.2 Å². The van der Waals surface area contributed by atoms with Crippen molar-refractivity contribution in [2.45, 2.75) is 19.1 Å². The number of aromatic nitrogens is 3. The van der Waals surface area contributed by atoms with Crippen LogP contribution in [0, 0.1) is 5.82 Å². The Morgan fingerprint density at radius 1 is 1.16 bits per heavy atom. The predicted molar refractivity (Wildman–Crippen MR) is 144 cm³/mol. The van der Waals surface area contributed by atoms with Crippen molar-refractivity contribution in [1.29, 1.82) is 0 Å². The number of ether oxygens (including phenoxy) is 2. The van der Waals surface area contributed by atoms with E-state index in [1.54, 1.807) is 30.5 Å². The standard InChI is InChI=1S/C28H31FN6O3/c1-18-17-37-23(15-33(2)3)16-35(18)27(36)25-14-22(11-12-30-25)38-21-9-10-26-24(13-21)32-28(34(26)4)31-20-7-5-19(29)6-8-20/h5-14,18,23H,15-17H2,1-4H3,(H,31,32)/t18-,23-/m1/s1.